The Balaban J connectivity index is 1.87. The van der Waals surface area contributed by atoms with Crippen molar-refractivity contribution in [3.8, 4) is 0 Å². The average Bonchev–Trinajstić information content (AvgIpc) is 2.87. The Morgan fingerprint density at radius 1 is 1.50 bits per heavy atom. The van der Waals surface area contributed by atoms with Gasteiger partial charge in [-0.15, -0.1) is 5.10 Å². The summed E-state index contributed by atoms with van der Waals surface area (Å²) in [6.45, 7) is 8.11. The van der Waals surface area contributed by atoms with Crippen molar-refractivity contribution in [2.45, 2.75) is 33.2 Å². The zero-order chi connectivity index (χ0) is 11.4. The van der Waals surface area contributed by atoms with E-state index in [4.69, 9.17) is 4.42 Å². The molecule has 0 aliphatic carbocycles. The number of aromatic nitrogens is 2. The predicted octanol–water partition coefficient (Wildman–Crippen LogP) is 1.42. The summed E-state index contributed by atoms with van der Waals surface area (Å²) in [6, 6.07) is 0.678. The van der Waals surface area contributed by atoms with E-state index in [1.54, 1.807) is 0 Å². The van der Waals surface area contributed by atoms with E-state index in [0.29, 0.717) is 18.5 Å². The van der Waals surface area contributed by atoms with Gasteiger partial charge in [0.25, 0.3) is 0 Å². The van der Waals surface area contributed by atoms with Gasteiger partial charge >= 0.3 is 6.01 Å². The molecule has 0 amide bonds. The maximum atomic E-state index is 5.60. The number of hydrogen-bond donors (Lipinski definition) is 1. The lowest BCUT2D eigenvalue weighted by Crippen LogP contribution is -2.19. The van der Waals surface area contributed by atoms with Gasteiger partial charge in [-0.1, -0.05) is 18.9 Å². The molecule has 1 aliphatic rings. The Hall–Kier alpha value is -1.10. The third-order valence-corrected chi connectivity index (χ3v) is 2.85. The number of anilines is 1. The molecule has 0 saturated carbocycles. The highest BCUT2D eigenvalue weighted by Crippen LogP contribution is 2.21. The normalized spacial score (nSPS) is 20.6. The molecule has 0 radical (unpaired) electrons. The van der Waals surface area contributed by atoms with Crippen molar-refractivity contribution in [1.82, 2.24) is 15.5 Å². The summed E-state index contributed by atoms with van der Waals surface area (Å²) in [7, 11) is 0. The molecule has 5 nitrogen and oxygen atoms in total. The van der Waals surface area contributed by atoms with Crippen molar-refractivity contribution in [1.29, 1.82) is 0 Å². The molecule has 2 heterocycles. The summed E-state index contributed by atoms with van der Waals surface area (Å²) in [6.07, 6.45) is 2.33. The molecule has 1 atom stereocenters. The van der Waals surface area contributed by atoms with Gasteiger partial charge in [0.2, 0.25) is 5.89 Å². The SMILES string of the molecule is CCCNCc1nnc(N2CCC(C)C2)o1. The molecular weight excluding hydrogens is 204 g/mol. The first kappa shape index (κ1) is 11.4. The van der Waals surface area contributed by atoms with Crippen LogP contribution in [0.4, 0.5) is 6.01 Å². The van der Waals surface area contributed by atoms with Crippen LogP contribution in [0.1, 0.15) is 32.6 Å². The molecule has 16 heavy (non-hydrogen) atoms. The highest BCUT2D eigenvalue weighted by molar-refractivity contribution is 5.26. The van der Waals surface area contributed by atoms with Crippen LogP contribution in [0, 0.1) is 5.92 Å². The van der Waals surface area contributed by atoms with Crippen LogP contribution in [-0.4, -0.2) is 29.8 Å². The van der Waals surface area contributed by atoms with Crippen molar-refractivity contribution in [3.63, 3.8) is 0 Å². The Bertz CT molecular complexity index is 326. The van der Waals surface area contributed by atoms with Crippen LogP contribution in [-0.2, 0) is 6.54 Å². The monoisotopic (exact) mass is 224 g/mol. The van der Waals surface area contributed by atoms with E-state index in [1.165, 1.54) is 6.42 Å². The summed E-state index contributed by atoms with van der Waals surface area (Å²) in [4.78, 5) is 2.17. The van der Waals surface area contributed by atoms with Gasteiger partial charge in [-0.3, -0.25) is 0 Å². The molecule has 1 saturated heterocycles. The molecule has 1 aromatic rings. The van der Waals surface area contributed by atoms with Gasteiger partial charge in [0.05, 0.1) is 6.54 Å². The molecule has 1 unspecified atom stereocenters. The molecule has 0 spiro atoms. The molecule has 90 valence electrons. The van der Waals surface area contributed by atoms with Crippen LogP contribution in [0.5, 0.6) is 0 Å². The summed E-state index contributed by atoms with van der Waals surface area (Å²) >= 11 is 0. The minimum Gasteiger partial charge on any atom is -0.407 e. The fraction of sp³-hybridized carbons (Fsp3) is 0.818. The third-order valence-electron chi connectivity index (χ3n) is 2.85. The zero-order valence-corrected chi connectivity index (χ0v) is 10.1. The van der Waals surface area contributed by atoms with Crippen molar-refractivity contribution in [2.24, 2.45) is 5.92 Å². The minimum atomic E-state index is 0.671. The standard InChI is InChI=1S/C11H20N4O/c1-3-5-12-7-10-13-14-11(16-10)15-6-4-9(2)8-15/h9,12H,3-8H2,1-2H3. The van der Waals surface area contributed by atoms with Gasteiger partial charge in [0, 0.05) is 13.1 Å². The Kier molecular flexibility index (Phi) is 3.77. The van der Waals surface area contributed by atoms with E-state index in [-0.39, 0.29) is 0 Å². The Morgan fingerprint density at radius 2 is 2.38 bits per heavy atom. The highest BCUT2D eigenvalue weighted by Gasteiger charge is 2.23. The van der Waals surface area contributed by atoms with Crippen LogP contribution in [0.2, 0.25) is 0 Å². The van der Waals surface area contributed by atoms with E-state index in [0.717, 1.165) is 32.0 Å². The number of nitrogens with zero attached hydrogens (tertiary/aromatic N) is 3. The molecule has 1 fully saturated rings. The second kappa shape index (κ2) is 5.30. The van der Waals surface area contributed by atoms with Gasteiger partial charge < -0.3 is 14.6 Å². The van der Waals surface area contributed by atoms with Crippen LogP contribution >= 0.6 is 0 Å². The van der Waals surface area contributed by atoms with Crippen molar-refractivity contribution in [3.05, 3.63) is 5.89 Å². The second-order valence-electron chi connectivity index (χ2n) is 4.50. The lowest BCUT2D eigenvalue weighted by molar-refractivity contribution is 0.465. The molecular formula is C11H20N4O. The maximum absolute atomic E-state index is 5.60. The second-order valence-corrected chi connectivity index (χ2v) is 4.50. The topological polar surface area (TPSA) is 54.2 Å². The fourth-order valence-electron chi connectivity index (χ4n) is 1.92. The third kappa shape index (κ3) is 2.72. The number of rotatable bonds is 5. The predicted molar refractivity (Wildman–Crippen MR) is 62.3 cm³/mol. The summed E-state index contributed by atoms with van der Waals surface area (Å²) in [5, 5.41) is 11.4. The lowest BCUT2D eigenvalue weighted by Gasteiger charge is -2.10. The molecule has 1 aromatic heterocycles. The average molecular weight is 224 g/mol. The van der Waals surface area contributed by atoms with Gasteiger partial charge in [0.15, 0.2) is 0 Å². The molecule has 5 heteroatoms. The van der Waals surface area contributed by atoms with E-state index in [2.05, 4.69) is 34.3 Å². The summed E-state index contributed by atoms with van der Waals surface area (Å²) in [5.74, 6) is 1.41. The first-order valence-electron chi connectivity index (χ1n) is 6.07. The summed E-state index contributed by atoms with van der Waals surface area (Å²) < 4.78 is 5.60. The molecule has 1 N–H and O–H groups in total. The van der Waals surface area contributed by atoms with Crippen LogP contribution in [0.25, 0.3) is 0 Å². The van der Waals surface area contributed by atoms with Crippen molar-refractivity contribution < 1.29 is 4.42 Å². The zero-order valence-electron chi connectivity index (χ0n) is 10.1. The van der Waals surface area contributed by atoms with E-state index >= 15 is 0 Å². The largest absolute Gasteiger partial charge is 0.407 e. The van der Waals surface area contributed by atoms with Crippen molar-refractivity contribution >= 4 is 6.01 Å². The molecule has 0 bridgehead atoms. The first-order valence-corrected chi connectivity index (χ1v) is 6.07. The van der Waals surface area contributed by atoms with Gasteiger partial charge in [-0.05, 0) is 25.3 Å². The van der Waals surface area contributed by atoms with E-state index in [1.807, 2.05) is 0 Å². The smallest absolute Gasteiger partial charge is 0.318 e. The highest BCUT2D eigenvalue weighted by atomic mass is 16.4. The lowest BCUT2D eigenvalue weighted by atomic mass is 10.2. The first-order chi connectivity index (χ1) is 7.79. The number of hydrogen-bond acceptors (Lipinski definition) is 5. The van der Waals surface area contributed by atoms with E-state index in [9.17, 15) is 0 Å². The summed E-state index contributed by atoms with van der Waals surface area (Å²) in [5.41, 5.74) is 0. The van der Waals surface area contributed by atoms with Gasteiger partial charge in [-0.25, -0.2) is 0 Å². The van der Waals surface area contributed by atoms with Crippen molar-refractivity contribution in [2.75, 3.05) is 24.5 Å². The Labute approximate surface area is 96.2 Å². The fourth-order valence-corrected chi connectivity index (χ4v) is 1.92. The molecule has 0 aromatic carbocycles. The van der Waals surface area contributed by atoms with Crippen LogP contribution in [0.15, 0.2) is 4.42 Å². The van der Waals surface area contributed by atoms with Crippen LogP contribution < -0.4 is 10.2 Å². The molecule has 1 aliphatic heterocycles. The Morgan fingerprint density at radius 3 is 3.06 bits per heavy atom. The number of nitrogens with one attached hydrogen (secondary N) is 1. The van der Waals surface area contributed by atoms with Gasteiger partial charge in [0.1, 0.15) is 0 Å². The molecule has 2 rings (SSSR count). The van der Waals surface area contributed by atoms with Gasteiger partial charge in [-0.2, -0.15) is 0 Å². The van der Waals surface area contributed by atoms with E-state index < -0.39 is 0 Å². The quantitative estimate of drug-likeness (QED) is 0.766. The van der Waals surface area contributed by atoms with Crippen LogP contribution in [0.3, 0.4) is 0 Å². The minimum absolute atomic E-state index is 0.671. The maximum Gasteiger partial charge on any atom is 0.318 e.